The normalized spacial score (nSPS) is 15.6. The van der Waals surface area contributed by atoms with E-state index >= 15 is 0 Å². The summed E-state index contributed by atoms with van der Waals surface area (Å²) in [5.41, 5.74) is 8.55. The van der Waals surface area contributed by atoms with Crippen LogP contribution < -0.4 is 15.7 Å². The molecule has 1 heterocycles. The van der Waals surface area contributed by atoms with E-state index in [1.165, 1.54) is 5.56 Å². The molecule has 6 nitrogen and oxygen atoms in total. The van der Waals surface area contributed by atoms with Crippen molar-refractivity contribution in [2.75, 3.05) is 12.5 Å². The number of aromatic nitrogens is 2. The standard InChI is InChI=1S/C30H28N4O2/c1-36-24-15-13-21(14-16-24)20-31-33-29-32-27-25-12-6-5-9-22(25)19-30(17-7-8-18-30)26(27)28(35)34(29)23-10-3-2-4-11-23/h2-6,9-16,20H,7-8,17-19H2,1H3,(H,32,33). The van der Waals surface area contributed by atoms with Crippen molar-refractivity contribution in [3.8, 4) is 22.7 Å². The molecule has 1 saturated carbocycles. The van der Waals surface area contributed by atoms with Gasteiger partial charge in [0.1, 0.15) is 5.75 Å². The summed E-state index contributed by atoms with van der Waals surface area (Å²) < 4.78 is 6.91. The van der Waals surface area contributed by atoms with E-state index in [1.807, 2.05) is 60.7 Å². The molecule has 1 aromatic heterocycles. The number of ether oxygens (including phenoxy) is 1. The first kappa shape index (κ1) is 22.3. The Labute approximate surface area is 210 Å². The second-order valence-electron chi connectivity index (χ2n) is 9.60. The Morgan fingerprint density at radius 3 is 2.44 bits per heavy atom. The third kappa shape index (κ3) is 3.79. The minimum Gasteiger partial charge on any atom is -0.497 e. The lowest BCUT2D eigenvalue weighted by atomic mass is 9.68. The van der Waals surface area contributed by atoms with Gasteiger partial charge in [0, 0.05) is 11.0 Å². The highest BCUT2D eigenvalue weighted by atomic mass is 16.5. The van der Waals surface area contributed by atoms with Crippen LogP contribution in [0.3, 0.4) is 0 Å². The monoisotopic (exact) mass is 476 g/mol. The van der Waals surface area contributed by atoms with Gasteiger partial charge in [-0.3, -0.25) is 4.79 Å². The minimum absolute atomic E-state index is 0.00949. The molecule has 4 aromatic rings. The van der Waals surface area contributed by atoms with Crippen LogP contribution in [0.15, 0.2) is 88.8 Å². The van der Waals surface area contributed by atoms with Crippen molar-refractivity contribution < 1.29 is 4.74 Å². The summed E-state index contributed by atoms with van der Waals surface area (Å²) in [6.45, 7) is 0. The lowest BCUT2D eigenvalue weighted by Crippen LogP contribution is -2.40. The number of nitrogens with zero attached hydrogens (tertiary/aromatic N) is 3. The average Bonchev–Trinajstić information content (AvgIpc) is 3.38. The van der Waals surface area contributed by atoms with Gasteiger partial charge >= 0.3 is 0 Å². The molecule has 0 atom stereocenters. The predicted molar refractivity (Wildman–Crippen MR) is 143 cm³/mol. The molecule has 6 heteroatoms. The lowest BCUT2D eigenvalue weighted by molar-refractivity contribution is 0.415. The number of nitrogens with one attached hydrogen (secondary N) is 1. The molecule has 36 heavy (non-hydrogen) atoms. The summed E-state index contributed by atoms with van der Waals surface area (Å²) in [4.78, 5) is 19.4. The Hall–Kier alpha value is -4.19. The van der Waals surface area contributed by atoms with Gasteiger partial charge in [-0.05, 0) is 66.8 Å². The lowest BCUT2D eigenvalue weighted by Gasteiger charge is -2.36. The molecule has 6 rings (SSSR count). The van der Waals surface area contributed by atoms with E-state index in [0.29, 0.717) is 5.95 Å². The van der Waals surface area contributed by atoms with Gasteiger partial charge in [0.25, 0.3) is 5.56 Å². The average molecular weight is 477 g/mol. The number of fused-ring (bicyclic) bond motifs is 4. The summed E-state index contributed by atoms with van der Waals surface area (Å²) in [5.74, 6) is 1.19. The van der Waals surface area contributed by atoms with Crippen LogP contribution in [0.5, 0.6) is 5.75 Å². The molecule has 180 valence electrons. The van der Waals surface area contributed by atoms with E-state index in [2.05, 4.69) is 28.7 Å². The topological polar surface area (TPSA) is 68.5 Å². The molecule has 1 N–H and O–H groups in total. The van der Waals surface area contributed by atoms with E-state index in [-0.39, 0.29) is 11.0 Å². The molecule has 2 aliphatic rings. The first-order valence-corrected chi connectivity index (χ1v) is 12.4. The van der Waals surface area contributed by atoms with Crippen LogP contribution in [-0.4, -0.2) is 22.9 Å². The second kappa shape index (κ2) is 9.11. The highest BCUT2D eigenvalue weighted by Gasteiger charge is 2.44. The summed E-state index contributed by atoms with van der Waals surface area (Å²) >= 11 is 0. The highest BCUT2D eigenvalue weighted by molar-refractivity contribution is 5.80. The van der Waals surface area contributed by atoms with Gasteiger partial charge in [-0.15, -0.1) is 0 Å². The van der Waals surface area contributed by atoms with Crippen molar-refractivity contribution in [2.45, 2.75) is 37.5 Å². The number of anilines is 1. The maximum Gasteiger partial charge on any atom is 0.263 e. The third-order valence-electron chi connectivity index (χ3n) is 7.48. The van der Waals surface area contributed by atoms with Gasteiger partial charge < -0.3 is 4.74 Å². The van der Waals surface area contributed by atoms with Crippen LogP contribution in [0, 0.1) is 0 Å². The van der Waals surface area contributed by atoms with E-state index < -0.39 is 0 Å². The molecule has 0 radical (unpaired) electrons. The molecule has 0 saturated heterocycles. The van der Waals surface area contributed by atoms with Crippen LogP contribution in [0.1, 0.15) is 42.4 Å². The molecular formula is C30H28N4O2. The Balaban J connectivity index is 1.51. The van der Waals surface area contributed by atoms with Gasteiger partial charge in [0.2, 0.25) is 5.95 Å². The zero-order chi connectivity index (χ0) is 24.5. The van der Waals surface area contributed by atoms with Crippen molar-refractivity contribution in [1.29, 1.82) is 0 Å². The van der Waals surface area contributed by atoms with Gasteiger partial charge in [-0.2, -0.15) is 5.10 Å². The molecular weight excluding hydrogens is 448 g/mol. The molecule has 0 bridgehead atoms. The Morgan fingerprint density at radius 2 is 1.69 bits per heavy atom. The van der Waals surface area contributed by atoms with Gasteiger partial charge in [-0.1, -0.05) is 55.3 Å². The quantitative estimate of drug-likeness (QED) is 0.295. The van der Waals surface area contributed by atoms with Crippen molar-refractivity contribution in [1.82, 2.24) is 9.55 Å². The zero-order valence-corrected chi connectivity index (χ0v) is 20.3. The molecule has 2 aliphatic carbocycles. The number of benzene rings is 3. The van der Waals surface area contributed by atoms with Crippen LogP contribution in [0.2, 0.25) is 0 Å². The molecule has 1 spiro atoms. The maximum absolute atomic E-state index is 14.3. The van der Waals surface area contributed by atoms with E-state index in [9.17, 15) is 4.79 Å². The summed E-state index contributed by atoms with van der Waals surface area (Å²) in [6.07, 6.45) is 6.92. The Bertz CT molecular complexity index is 1480. The summed E-state index contributed by atoms with van der Waals surface area (Å²) in [7, 11) is 1.64. The fourth-order valence-corrected chi connectivity index (χ4v) is 5.78. The van der Waals surface area contributed by atoms with Gasteiger partial charge in [-0.25, -0.2) is 15.0 Å². The third-order valence-corrected chi connectivity index (χ3v) is 7.48. The highest BCUT2D eigenvalue weighted by Crippen LogP contribution is 2.50. The van der Waals surface area contributed by atoms with E-state index in [1.54, 1.807) is 17.9 Å². The SMILES string of the molecule is COc1ccc(C=NNc2nc3c(c(=O)n2-c2ccccc2)C2(CCCC2)Cc2ccccc2-3)cc1. The minimum atomic E-state index is -0.158. The van der Waals surface area contributed by atoms with E-state index in [0.717, 1.165) is 65.9 Å². The van der Waals surface area contributed by atoms with Crippen molar-refractivity contribution >= 4 is 12.2 Å². The Kier molecular flexibility index (Phi) is 5.64. The van der Waals surface area contributed by atoms with Crippen LogP contribution in [-0.2, 0) is 11.8 Å². The van der Waals surface area contributed by atoms with Crippen molar-refractivity contribution in [3.63, 3.8) is 0 Å². The van der Waals surface area contributed by atoms with Gasteiger partial charge in [0.15, 0.2) is 0 Å². The second-order valence-corrected chi connectivity index (χ2v) is 9.60. The smallest absolute Gasteiger partial charge is 0.263 e. The number of rotatable bonds is 5. The summed E-state index contributed by atoms with van der Waals surface area (Å²) in [6, 6.07) is 25.7. The van der Waals surface area contributed by atoms with Crippen LogP contribution in [0.25, 0.3) is 16.9 Å². The fraction of sp³-hybridized carbons (Fsp3) is 0.233. The molecule has 0 unspecified atom stereocenters. The molecule has 3 aromatic carbocycles. The van der Waals surface area contributed by atoms with Gasteiger partial charge in [0.05, 0.1) is 30.3 Å². The fourth-order valence-electron chi connectivity index (χ4n) is 5.78. The summed E-state index contributed by atoms with van der Waals surface area (Å²) in [5, 5.41) is 4.45. The van der Waals surface area contributed by atoms with Crippen molar-refractivity contribution in [3.05, 3.63) is 106 Å². The number of hydrogen-bond acceptors (Lipinski definition) is 5. The van der Waals surface area contributed by atoms with Crippen molar-refractivity contribution in [2.24, 2.45) is 5.10 Å². The number of hydrazone groups is 1. The van der Waals surface area contributed by atoms with Crippen LogP contribution in [0.4, 0.5) is 5.95 Å². The Morgan fingerprint density at radius 1 is 0.972 bits per heavy atom. The van der Waals surface area contributed by atoms with E-state index in [4.69, 9.17) is 9.72 Å². The van der Waals surface area contributed by atoms with Crippen LogP contribution >= 0.6 is 0 Å². The zero-order valence-electron chi connectivity index (χ0n) is 20.3. The largest absolute Gasteiger partial charge is 0.497 e. The number of methoxy groups -OCH3 is 1. The molecule has 0 amide bonds. The number of hydrogen-bond donors (Lipinski definition) is 1. The predicted octanol–water partition coefficient (Wildman–Crippen LogP) is 5.72. The number of para-hydroxylation sites is 1. The maximum atomic E-state index is 14.3. The first-order chi connectivity index (χ1) is 17.7. The molecule has 0 aliphatic heterocycles. The first-order valence-electron chi connectivity index (χ1n) is 12.4. The molecule has 1 fully saturated rings.